The van der Waals surface area contributed by atoms with Crippen LogP contribution >= 0.6 is 11.6 Å². The van der Waals surface area contributed by atoms with Gasteiger partial charge in [0.2, 0.25) is 11.8 Å². The van der Waals surface area contributed by atoms with E-state index in [-0.39, 0.29) is 5.57 Å². The van der Waals surface area contributed by atoms with E-state index in [4.69, 9.17) is 22.6 Å². The summed E-state index contributed by atoms with van der Waals surface area (Å²) < 4.78 is 0. The van der Waals surface area contributed by atoms with E-state index in [1.807, 2.05) is 6.07 Å². The van der Waals surface area contributed by atoms with Crippen LogP contribution in [0.2, 0.25) is 5.02 Å². The predicted octanol–water partition coefficient (Wildman–Crippen LogP) is 3.24. The first-order valence-corrected chi connectivity index (χ1v) is 8.76. The van der Waals surface area contributed by atoms with Gasteiger partial charge in [0.15, 0.2) is 0 Å². The fourth-order valence-corrected chi connectivity index (χ4v) is 3.64. The Labute approximate surface area is 167 Å². The molecule has 0 saturated heterocycles. The van der Waals surface area contributed by atoms with E-state index in [0.717, 1.165) is 0 Å². The number of primary amides is 1. The summed E-state index contributed by atoms with van der Waals surface area (Å²) in [4.78, 5) is 26.8. The molecule has 0 aliphatic carbocycles. The third-order valence-corrected chi connectivity index (χ3v) is 4.98. The first kappa shape index (κ1) is 19.2. The van der Waals surface area contributed by atoms with Gasteiger partial charge in [-0.3, -0.25) is 14.5 Å². The zero-order chi connectivity index (χ0) is 20.4. The second kappa shape index (κ2) is 7.56. The smallest absolute Gasteiger partial charge is 0.244 e. The molecule has 138 valence electrons. The van der Waals surface area contributed by atoms with Crippen LogP contribution in [0.4, 0.5) is 5.69 Å². The van der Waals surface area contributed by atoms with E-state index in [0.29, 0.717) is 27.5 Å². The van der Waals surface area contributed by atoms with Crippen molar-refractivity contribution in [3.05, 3.63) is 76.0 Å². The maximum Gasteiger partial charge on any atom is 0.244 e. The Bertz CT molecular complexity index is 1080. The first-order chi connectivity index (χ1) is 13.4. The lowest BCUT2D eigenvalue weighted by molar-refractivity contribution is -0.132. The van der Waals surface area contributed by atoms with E-state index < -0.39 is 23.7 Å². The van der Waals surface area contributed by atoms with Gasteiger partial charge in [-0.05, 0) is 42.8 Å². The number of carbonyl (C=O) groups excluding carboxylic acids is 2. The van der Waals surface area contributed by atoms with Crippen molar-refractivity contribution in [2.75, 3.05) is 4.90 Å². The number of hydrogen-bond acceptors (Lipinski definition) is 4. The Morgan fingerprint density at radius 1 is 1.14 bits per heavy atom. The Balaban J connectivity index is 2.22. The van der Waals surface area contributed by atoms with Crippen LogP contribution in [0.5, 0.6) is 0 Å². The van der Waals surface area contributed by atoms with Gasteiger partial charge in [-0.2, -0.15) is 10.5 Å². The van der Waals surface area contributed by atoms with E-state index in [1.165, 1.54) is 4.90 Å². The molecule has 28 heavy (non-hydrogen) atoms. The summed E-state index contributed by atoms with van der Waals surface area (Å²) in [5, 5.41) is 19.2. The molecule has 2 aromatic rings. The summed E-state index contributed by atoms with van der Waals surface area (Å²) in [7, 11) is 0. The zero-order valence-electron chi connectivity index (χ0n) is 14.9. The molecule has 1 aliphatic heterocycles. The van der Waals surface area contributed by atoms with Crippen molar-refractivity contribution in [2.45, 2.75) is 12.8 Å². The summed E-state index contributed by atoms with van der Waals surface area (Å²) in [6.45, 7) is 1.64. The Hall–Kier alpha value is -3.61. The number of amides is 2. The van der Waals surface area contributed by atoms with Gasteiger partial charge >= 0.3 is 0 Å². The van der Waals surface area contributed by atoms with Gasteiger partial charge in [-0.25, -0.2) is 0 Å². The van der Waals surface area contributed by atoms with Crippen LogP contribution in [0, 0.1) is 28.6 Å². The fraction of sp³-hybridized carbons (Fsp3) is 0.143. The topological polar surface area (TPSA) is 111 Å². The van der Waals surface area contributed by atoms with Crippen LogP contribution in [0.15, 0.2) is 59.8 Å². The minimum absolute atomic E-state index is 0.257. The largest absolute Gasteiger partial charge is 0.369 e. The minimum atomic E-state index is -1.26. The summed E-state index contributed by atoms with van der Waals surface area (Å²) in [6, 6.07) is 17.1. The number of halogens is 1. The second-order valence-electron chi connectivity index (χ2n) is 6.36. The van der Waals surface area contributed by atoms with Crippen molar-refractivity contribution < 1.29 is 9.59 Å². The van der Waals surface area contributed by atoms with E-state index in [2.05, 4.69) is 6.07 Å². The number of anilines is 1. The van der Waals surface area contributed by atoms with Gasteiger partial charge in [0, 0.05) is 16.6 Å². The number of hydrogen-bond donors (Lipinski definition) is 1. The lowest BCUT2D eigenvalue weighted by atomic mass is 9.76. The maximum absolute atomic E-state index is 13.2. The highest BCUT2D eigenvalue weighted by molar-refractivity contribution is 6.31. The van der Waals surface area contributed by atoms with Gasteiger partial charge in [0.1, 0.15) is 5.92 Å². The highest BCUT2D eigenvalue weighted by Gasteiger charge is 2.45. The highest BCUT2D eigenvalue weighted by Crippen LogP contribution is 2.42. The quantitative estimate of drug-likeness (QED) is 0.810. The van der Waals surface area contributed by atoms with Crippen molar-refractivity contribution in [1.29, 1.82) is 10.5 Å². The summed E-state index contributed by atoms with van der Waals surface area (Å²) in [6.07, 6.45) is 0. The zero-order valence-corrected chi connectivity index (χ0v) is 15.6. The molecule has 0 spiro atoms. The number of carbonyl (C=O) groups is 2. The molecule has 7 heteroatoms. The van der Waals surface area contributed by atoms with E-state index in [1.54, 1.807) is 55.5 Å². The van der Waals surface area contributed by atoms with Crippen LogP contribution in [0.1, 0.15) is 24.0 Å². The van der Waals surface area contributed by atoms with E-state index in [9.17, 15) is 14.9 Å². The van der Waals surface area contributed by atoms with Gasteiger partial charge in [0.05, 0.1) is 29.0 Å². The highest BCUT2D eigenvalue weighted by atomic mass is 35.5. The molecule has 0 aromatic heterocycles. The Morgan fingerprint density at radius 2 is 1.82 bits per heavy atom. The van der Waals surface area contributed by atoms with E-state index >= 15 is 0 Å². The molecule has 1 aliphatic rings. The molecule has 2 amide bonds. The normalized spacial score (nSPS) is 19.1. The summed E-state index contributed by atoms with van der Waals surface area (Å²) in [5.41, 5.74) is 7.69. The van der Waals surface area contributed by atoms with Gasteiger partial charge < -0.3 is 5.73 Å². The van der Waals surface area contributed by atoms with Gasteiger partial charge in [-0.1, -0.05) is 29.8 Å². The molecule has 0 fully saturated rings. The third kappa shape index (κ3) is 3.22. The molecule has 2 aromatic carbocycles. The summed E-state index contributed by atoms with van der Waals surface area (Å²) >= 11 is 6.04. The lowest BCUT2D eigenvalue weighted by Gasteiger charge is -2.37. The molecule has 2 N–H and O–H groups in total. The van der Waals surface area contributed by atoms with Crippen molar-refractivity contribution in [2.24, 2.45) is 11.7 Å². The summed E-state index contributed by atoms with van der Waals surface area (Å²) in [5.74, 6) is -3.43. The third-order valence-electron chi connectivity index (χ3n) is 4.75. The van der Waals surface area contributed by atoms with Crippen LogP contribution in [-0.2, 0) is 9.59 Å². The average Bonchev–Trinajstić information content (AvgIpc) is 2.67. The number of allylic oxidation sites excluding steroid dienone is 2. The molecule has 0 radical (unpaired) electrons. The first-order valence-electron chi connectivity index (χ1n) is 8.38. The molecule has 2 unspecified atom stereocenters. The predicted molar refractivity (Wildman–Crippen MR) is 104 cm³/mol. The number of benzene rings is 2. The number of nitrogens with two attached hydrogens (primary N) is 1. The second-order valence-corrected chi connectivity index (χ2v) is 6.79. The number of rotatable bonds is 3. The molecule has 0 saturated carbocycles. The Morgan fingerprint density at radius 3 is 2.36 bits per heavy atom. The van der Waals surface area contributed by atoms with Gasteiger partial charge in [0.25, 0.3) is 0 Å². The molecule has 6 nitrogen and oxygen atoms in total. The van der Waals surface area contributed by atoms with Crippen molar-refractivity contribution in [3.8, 4) is 12.1 Å². The maximum atomic E-state index is 13.2. The van der Waals surface area contributed by atoms with Crippen molar-refractivity contribution in [1.82, 2.24) is 0 Å². The lowest BCUT2D eigenvalue weighted by Crippen LogP contribution is -2.48. The van der Waals surface area contributed by atoms with Crippen LogP contribution < -0.4 is 10.6 Å². The standard InChI is InChI=1S/C21H15ClN4O2/c1-12-17(11-24)18(14-7-5-13(10-23)6-8-14)19(20(25)27)21(28)26(12)16-4-2-3-15(22)9-16/h2-9,18-19H,1H3,(H2,25,27). The van der Waals surface area contributed by atoms with Crippen molar-refractivity contribution >= 4 is 29.1 Å². The molecule has 0 bridgehead atoms. The monoisotopic (exact) mass is 390 g/mol. The molecule has 2 atom stereocenters. The SMILES string of the molecule is CC1=C(C#N)C(c2ccc(C#N)cc2)C(C(N)=O)C(=O)N1c1cccc(Cl)c1. The molecule has 3 rings (SSSR count). The minimum Gasteiger partial charge on any atom is -0.369 e. The van der Waals surface area contributed by atoms with Crippen LogP contribution in [0.25, 0.3) is 0 Å². The van der Waals surface area contributed by atoms with Gasteiger partial charge in [-0.15, -0.1) is 0 Å². The Kier molecular flexibility index (Phi) is 5.17. The van der Waals surface area contributed by atoms with Crippen LogP contribution in [-0.4, -0.2) is 11.8 Å². The number of nitriles is 2. The molecular formula is C21H15ClN4O2. The average molecular weight is 391 g/mol. The van der Waals surface area contributed by atoms with Crippen molar-refractivity contribution in [3.63, 3.8) is 0 Å². The molecular weight excluding hydrogens is 376 g/mol. The number of nitrogens with zero attached hydrogens (tertiary/aromatic N) is 3. The fourth-order valence-electron chi connectivity index (χ4n) is 3.46. The van der Waals surface area contributed by atoms with Crippen LogP contribution in [0.3, 0.4) is 0 Å². The molecule has 1 heterocycles.